The number of carbonyl (C=O) groups excluding carboxylic acids is 1. The number of ether oxygens (including phenoxy) is 1. The van der Waals surface area contributed by atoms with Crippen molar-refractivity contribution in [3.05, 3.63) is 65.3 Å². The Hall–Kier alpha value is -2.79. The number of amides is 1. The van der Waals surface area contributed by atoms with Gasteiger partial charge < -0.3 is 14.6 Å². The second-order valence-electron chi connectivity index (χ2n) is 5.73. The number of hydrogen-bond donors (Lipinski definition) is 1. The minimum absolute atomic E-state index is 0.109. The predicted octanol–water partition coefficient (Wildman–Crippen LogP) is 5.03. The van der Waals surface area contributed by atoms with Crippen LogP contribution in [0.4, 0.5) is 5.69 Å². The smallest absolute Gasteiger partial charge is 0.277 e. The van der Waals surface area contributed by atoms with Crippen molar-refractivity contribution in [1.82, 2.24) is 5.16 Å². The third kappa shape index (κ3) is 4.39. The fourth-order valence-electron chi connectivity index (χ4n) is 2.25. The summed E-state index contributed by atoms with van der Waals surface area (Å²) in [7, 11) is 0. The van der Waals surface area contributed by atoms with Crippen molar-refractivity contribution in [2.24, 2.45) is 0 Å². The highest BCUT2D eigenvalue weighted by atomic mass is 35.5. The molecule has 0 bridgehead atoms. The monoisotopic (exact) mass is 356 g/mol. The summed E-state index contributed by atoms with van der Waals surface area (Å²) >= 11 is 5.91. The first kappa shape index (κ1) is 17.0. The fourth-order valence-corrected chi connectivity index (χ4v) is 2.44. The number of nitrogens with zero attached hydrogens (tertiary/aromatic N) is 1. The summed E-state index contributed by atoms with van der Waals surface area (Å²) in [6.07, 6.45) is 0.109. The molecule has 3 aromatic rings. The Balaban J connectivity index is 1.72. The van der Waals surface area contributed by atoms with Crippen LogP contribution in [-0.2, 0) is 0 Å². The van der Waals surface area contributed by atoms with E-state index in [4.69, 9.17) is 20.9 Å². The molecule has 0 aliphatic rings. The van der Waals surface area contributed by atoms with Crippen LogP contribution in [0.3, 0.4) is 0 Å². The quantitative estimate of drug-likeness (QED) is 0.696. The van der Waals surface area contributed by atoms with E-state index < -0.39 is 0 Å². The minimum Gasteiger partial charge on any atom is -0.491 e. The molecule has 5 nitrogen and oxygen atoms in total. The molecule has 0 saturated heterocycles. The molecule has 0 atom stereocenters. The van der Waals surface area contributed by atoms with E-state index in [0.29, 0.717) is 16.5 Å². The van der Waals surface area contributed by atoms with Crippen molar-refractivity contribution >= 4 is 23.2 Å². The maximum Gasteiger partial charge on any atom is 0.277 e. The van der Waals surface area contributed by atoms with Crippen LogP contribution >= 0.6 is 11.6 Å². The van der Waals surface area contributed by atoms with Crippen molar-refractivity contribution < 1.29 is 14.1 Å². The lowest BCUT2D eigenvalue weighted by Gasteiger charge is -2.09. The number of halogens is 1. The Morgan fingerprint density at radius 3 is 2.60 bits per heavy atom. The molecule has 0 unspecified atom stereocenters. The van der Waals surface area contributed by atoms with Gasteiger partial charge in [-0.1, -0.05) is 22.8 Å². The first-order chi connectivity index (χ1) is 12.0. The molecule has 0 spiro atoms. The molecular weight excluding hydrogens is 340 g/mol. The third-order valence-corrected chi connectivity index (χ3v) is 3.57. The summed E-state index contributed by atoms with van der Waals surface area (Å²) in [5.74, 6) is 0.918. The van der Waals surface area contributed by atoms with Crippen LogP contribution < -0.4 is 10.1 Å². The Morgan fingerprint density at radius 2 is 1.92 bits per heavy atom. The fraction of sp³-hybridized carbons (Fsp3) is 0.158. The highest BCUT2D eigenvalue weighted by molar-refractivity contribution is 6.30. The second kappa shape index (κ2) is 7.40. The molecule has 1 N–H and O–H groups in total. The molecular formula is C19H17ClN2O3. The van der Waals surface area contributed by atoms with E-state index >= 15 is 0 Å². The lowest BCUT2D eigenvalue weighted by atomic mass is 10.1. The Bertz CT molecular complexity index is 872. The molecule has 3 rings (SSSR count). The number of rotatable bonds is 5. The van der Waals surface area contributed by atoms with E-state index in [1.165, 1.54) is 0 Å². The molecule has 25 heavy (non-hydrogen) atoms. The van der Waals surface area contributed by atoms with E-state index in [1.807, 2.05) is 38.1 Å². The zero-order valence-corrected chi connectivity index (χ0v) is 14.6. The van der Waals surface area contributed by atoms with Gasteiger partial charge in [0.2, 0.25) is 0 Å². The van der Waals surface area contributed by atoms with E-state index in [1.54, 1.807) is 30.3 Å². The van der Waals surface area contributed by atoms with Crippen molar-refractivity contribution in [1.29, 1.82) is 0 Å². The summed E-state index contributed by atoms with van der Waals surface area (Å²) < 4.78 is 10.9. The first-order valence-corrected chi connectivity index (χ1v) is 8.20. The molecule has 1 amide bonds. The Kier molecular flexibility index (Phi) is 5.05. The summed E-state index contributed by atoms with van der Waals surface area (Å²) in [6, 6.07) is 15.9. The zero-order valence-electron chi connectivity index (χ0n) is 13.8. The normalized spacial score (nSPS) is 10.7. The van der Waals surface area contributed by atoms with Gasteiger partial charge in [-0.2, -0.15) is 0 Å². The van der Waals surface area contributed by atoms with Gasteiger partial charge in [-0.25, -0.2) is 0 Å². The number of carbonyl (C=O) groups is 1. The lowest BCUT2D eigenvalue weighted by molar-refractivity contribution is 0.101. The molecule has 1 aromatic heterocycles. The van der Waals surface area contributed by atoms with Crippen molar-refractivity contribution in [2.75, 3.05) is 5.32 Å². The van der Waals surface area contributed by atoms with Crippen LogP contribution in [-0.4, -0.2) is 17.2 Å². The SMILES string of the molecule is CC(C)Oc1ccc(-c2cc(C(=O)Nc3cccc(Cl)c3)no2)cc1. The standard InChI is InChI=1S/C19H17ClN2O3/c1-12(2)24-16-8-6-13(7-9-16)18-11-17(22-25-18)19(23)21-15-5-3-4-14(20)10-15/h3-12H,1-2H3,(H,21,23). The maximum atomic E-state index is 12.2. The van der Waals surface area contributed by atoms with Gasteiger partial charge in [0.05, 0.1) is 6.10 Å². The molecule has 0 aliphatic heterocycles. The third-order valence-electron chi connectivity index (χ3n) is 3.34. The molecule has 0 fully saturated rings. The average Bonchev–Trinajstić information content (AvgIpc) is 3.05. The first-order valence-electron chi connectivity index (χ1n) is 7.82. The van der Waals surface area contributed by atoms with Crippen LogP contribution in [0.2, 0.25) is 5.02 Å². The van der Waals surface area contributed by atoms with Crippen LogP contribution in [0.15, 0.2) is 59.1 Å². The van der Waals surface area contributed by atoms with Crippen molar-refractivity contribution in [2.45, 2.75) is 20.0 Å². The van der Waals surface area contributed by atoms with Gasteiger partial charge in [-0.15, -0.1) is 0 Å². The molecule has 0 saturated carbocycles. The van der Waals surface area contributed by atoms with E-state index in [-0.39, 0.29) is 17.7 Å². The Labute approximate surface area is 150 Å². The van der Waals surface area contributed by atoms with E-state index in [0.717, 1.165) is 11.3 Å². The minimum atomic E-state index is -0.364. The van der Waals surface area contributed by atoms with Crippen molar-refractivity contribution in [3.8, 4) is 17.1 Å². The van der Waals surface area contributed by atoms with Gasteiger partial charge in [-0.3, -0.25) is 4.79 Å². The highest BCUT2D eigenvalue weighted by Crippen LogP contribution is 2.24. The number of anilines is 1. The second-order valence-corrected chi connectivity index (χ2v) is 6.17. The van der Waals surface area contributed by atoms with Gasteiger partial charge in [0, 0.05) is 22.3 Å². The lowest BCUT2D eigenvalue weighted by Crippen LogP contribution is -2.11. The van der Waals surface area contributed by atoms with Gasteiger partial charge in [-0.05, 0) is 56.3 Å². The molecule has 0 aliphatic carbocycles. The van der Waals surface area contributed by atoms with Crippen LogP contribution in [0.5, 0.6) is 5.75 Å². The van der Waals surface area contributed by atoms with Gasteiger partial charge in [0.25, 0.3) is 5.91 Å². The van der Waals surface area contributed by atoms with Crippen LogP contribution in [0, 0.1) is 0 Å². The van der Waals surface area contributed by atoms with Crippen LogP contribution in [0.1, 0.15) is 24.3 Å². The molecule has 128 valence electrons. The van der Waals surface area contributed by atoms with Gasteiger partial charge in [0.15, 0.2) is 11.5 Å². The topological polar surface area (TPSA) is 64.4 Å². The van der Waals surface area contributed by atoms with E-state index in [9.17, 15) is 4.79 Å². The Morgan fingerprint density at radius 1 is 1.16 bits per heavy atom. The summed E-state index contributed by atoms with van der Waals surface area (Å²) in [5.41, 5.74) is 1.60. The predicted molar refractivity (Wildman–Crippen MR) is 97.1 cm³/mol. The zero-order chi connectivity index (χ0) is 17.8. The van der Waals surface area contributed by atoms with Crippen molar-refractivity contribution in [3.63, 3.8) is 0 Å². The van der Waals surface area contributed by atoms with Gasteiger partial charge in [0.1, 0.15) is 5.75 Å². The largest absolute Gasteiger partial charge is 0.491 e. The summed E-state index contributed by atoms with van der Waals surface area (Å²) in [4.78, 5) is 12.2. The average molecular weight is 357 g/mol. The molecule has 2 aromatic carbocycles. The molecule has 0 radical (unpaired) electrons. The number of hydrogen-bond acceptors (Lipinski definition) is 4. The summed E-state index contributed by atoms with van der Waals surface area (Å²) in [6.45, 7) is 3.93. The summed E-state index contributed by atoms with van der Waals surface area (Å²) in [5, 5.41) is 7.10. The van der Waals surface area contributed by atoms with E-state index in [2.05, 4.69) is 10.5 Å². The van der Waals surface area contributed by atoms with Crippen LogP contribution in [0.25, 0.3) is 11.3 Å². The highest BCUT2D eigenvalue weighted by Gasteiger charge is 2.14. The molecule has 6 heteroatoms. The number of benzene rings is 2. The van der Waals surface area contributed by atoms with Gasteiger partial charge >= 0.3 is 0 Å². The molecule has 1 heterocycles. The maximum absolute atomic E-state index is 12.2. The number of aromatic nitrogens is 1. The number of nitrogens with one attached hydrogen (secondary N) is 1.